The van der Waals surface area contributed by atoms with Gasteiger partial charge in [0, 0.05) is 25.0 Å². The van der Waals surface area contributed by atoms with Gasteiger partial charge in [-0.2, -0.15) is 0 Å². The molecule has 1 unspecified atom stereocenters. The van der Waals surface area contributed by atoms with Crippen LogP contribution in [0.25, 0.3) is 0 Å². The van der Waals surface area contributed by atoms with E-state index < -0.39 is 0 Å². The van der Waals surface area contributed by atoms with Crippen molar-refractivity contribution < 1.29 is 4.74 Å². The summed E-state index contributed by atoms with van der Waals surface area (Å²) in [5, 5.41) is 0. The van der Waals surface area contributed by atoms with Gasteiger partial charge in [0.25, 0.3) is 0 Å². The highest BCUT2D eigenvalue weighted by atomic mass is 32.1. The van der Waals surface area contributed by atoms with E-state index in [1.54, 1.807) is 0 Å². The monoisotopic (exact) mass is 270 g/mol. The normalized spacial score (nSPS) is 29.7. The zero-order chi connectivity index (χ0) is 13.6. The maximum absolute atomic E-state index is 6.21. The van der Waals surface area contributed by atoms with E-state index >= 15 is 0 Å². The lowest BCUT2D eigenvalue weighted by Crippen LogP contribution is -2.48. The molecule has 2 fully saturated rings. The highest BCUT2D eigenvalue weighted by Gasteiger charge is 2.50. The van der Waals surface area contributed by atoms with E-state index in [4.69, 9.17) is 22.7 Å². The molecule has 2 rings (SSSR count). The van der Waals surface area contributed by atoms with Crippen LogP contribution in [0.5, 0.6) is 0 Å². The third-order valence-corrected chi connectivity index (χ3v) is 4.26. The summed E-state index contributed by atoms with van der Waals surface area (Å²) in [6.45, 7) is 9.78. The number of ether oxygens (including phenoxy) is 1. The molecule has 2 N–H and O–H groups in total. The Morgan fingerprint density at radius 2 is 1.94 bits per heavy atom. The standard InChI is InChI=1S/C14H26N2OS/c1-13(2)9-11(14(3,4)17-13)16(10-5-6-10)8-7-12(15)18/h10-11H,5-9H2,1-4H3,(H2,15,18). The highest BCUT2D eigenvalue weighted by Crippen LogP contribution is 2.43. The van der Waals surface area contributed by atoms with Crippen LogP contribution in [0.15, 0.2) is 0 Å². The van der Waals surface area contributed by atoms with Crippen LogP contribution >= 0.6 is 12.2 Å². The molecule has 1 atom stereocenters. The first kappa shape index (κ1) is 14.2. The molecule has 0 radical (unpaired) electrons. The van der Waals surface area contributed by atoms with Gasteiger partial charge in [-0.05, 0) is 47.0 Å². The van der Waals surface area contributed by atoms with Crippen molar-refractivity contribution in [1.82, 2.24) is 4.90 Å². The molecule has 18 heavy (non-hydrogen) atoms. The van der Waals surface area contributed by atoms with Crippen molar-refractivity contribution in [1.29, 1.82) is 0 Å². The van der Waals surface area contributed by atoms with Crippen LogP contribution < -0.4 is 5.73 Å². The molecular weight excluding hydrogens is 244 g/mol. The fourth-order valence-corrected chi connectivity index (χ4v) is 3.38. The first-order valence-corrected chi connectivity index (χ1v) is 7.36. The van der Waals surface area contributed by atoms with Crippen molar-refractivity contribution in [3.05, 3.63) is 0 Å². The van der Waals surface area contributed by atoms with Gasteiger partial charge >= 0.3 is 0 Å². The summed E-state index contributed by atoms with van der Waals surface area (Å²) in [5.74, 6) is 0. The van der Waals surface area contributed by atoms with Gasteiger partial charge in [0.15, 0.2) is 0 Å². The third-order valence-electron chi connectivity index (χ3n) is 4.06. The second-order valence-corrected chi connectivity index (χ2v) is 7.39. The van der Waals surface area contributed by atoms with E-state index in [0.29, 0.717) is 11.0 Å². The molecule has 0 aromatic carbocycles. The number of hydrogen-bond donors (Lipinski definition) is 1. The van der Waals surface area contributed by atoms with E-state index in [9.17, 15) is 0 Å². The fraction of sp³-hybridized carbons (Fsp3) is 0.929. The first-order valence-electron chi connectivity index (χ1n) is 6.95. The lowest BCUT2D eigenvalue weighted by molar-refractivity contribution is -0.0811. The summed E-state index contributed by atoms with van der Waals surface area (Å²) < 4.78 is 6.21. The minimum atomic E-state index is -0.0810. The van der Waals surface area contributed by atoms with Gasteiger partial charge in [0.1, 0.15) is 0 Å². The van der Waals surface area contributed by atoms with Crippen LogP contribution in [-0.4, -0.2) is 39.7 Å². The summed E-state index contributed by atoms with van der Waals surface area (Å²) in [5.41, 5.74) is 5.55. The van der Waals surface area contributed by atoms with Gasteiger partial charge in [-0.15, -0.1) is 0 Å². The van der Waals surface area contributed by atoms with E-state index in [-0.39, 0.29) is 11.2 Å². The average molecular weight is 270 g/mol. The van der Waals surface area contributed by atoms with Crippen molar-refractivity contribution in [3.63, 3.8) is 0 Å². The van der Waals surface area contributed by atoms with Crippen molar-refractivity contribution in [2.45, 2.75) is 76.7 Å². The molecule has 0 spiro atoms. The smallest absolute Gasteiger partial charge is 0.0789 e. The fourth-order valence-electron chi connectivity index (χ4n) is 3.29. The number of thiocarbonyl (C=S) groups is 1. The van der Waals surface area contributed by atoms with Gasteiger partial charge in [-0.1, -0.05) is 12.2 Å². The van der Waals surface area contributed by atoms with Crippen molar-refractivity contribution in [2.75, 3.05) is 6.54 Å². The van der Waals surface area contributed by atoms with Crippen molar-refractivity contribution in [2.24, 2.45) is 5.73 Å². The first-order chi connectivity index (χ1) is 8.21. The molecule has 1 saturated heterocycles. The molecule has 4 heteroatoms. The van der Waals surface area contributed by atoms with Crippen molar-refractivity contribution >= 4 is 17.2 Å². The molecule has 1 aliphatic carbocycles. The third kappa shape index (κ3) is 3.22. The van der Waals surface area contributed by atoms with E-state index in [1.807, 2.05) is 0 Å². The summed E-state index contributed by atoms with van der Waals surface area (Å²) >= 11 is 5.02. The molecule has 104 valence electrons. The number of nitrogens with zero attached hydrogens (tertiary/aromatic N) is 1. The molecule has 0 bridgehead atoms. The predicted octanol–water partition coefficient (Wildman–Crippen LogP) is 2.47. The van der Waals surface area contributed by atoms with Crippen LogP contribution in [0.3, 0.4) is 0 Å². The van der Waals surface area contributed by atoms with Crippen LogP contribution in [-0.2, 0) is 4.74 Å². The summed E-state index contributed by atoms with van der Waals surface area (Å²) in [6.07, 6.45) is 4.53. The molecule has 0 amide bonds. The molecule has 2 aliphatic rings. The molecule has 1 aliphatic heterocycles. The molecule has 0 aromatic rings. The van der Waals surface area contributed by atoms with Gasteiger partial charge in [0.2, 0.25) is 0 Å². The highest BCUT2D eigenvalue weighted by molar-refractivity contribution is 7.80. The number of nitrogens with two attached hydrogens (primary N) is 1. The van der Waals surface area contributed by atoms with Gasteiger partial charge in [0.05, 0.1) is 16.2 Å². The lowest BCUT2D eigenvalue weighted by atomic mass is 9.92. The minimum Gasteiger partial charge on any atom is -0.393 e. The summed E-state index contributed by atoms with van der Waals surface area (Å²) in [6, 6.07) is 1.20. The number of rotatable bonds is 5. The zero-order valence-corrected chi connectivity index (χ0v) is 12.8. The number of hydrogen-bond acceptors (Lipinski definition) is 3. The quantitative estimate of drug-likeness (QED) is 0.779. The van der Waals surface area contributed by atoms with Crippen LogP contribution in [0, 0.1) is 0 Å². The van der Waals surface area contributed by atoms with Crippen LogP contribution in [0.1, 0.15) is 53.4 Å². The van der Waals surface area contributed by atoms with Gasteiger partial charge < -0.3 is 10.5 Å². The molecule has 1 saturated carbocycles. The van der Waals surface area contributed by atoms with Gasteiger partial charge in [-0.25, -0.2) is 0 Å². The second kappa shape index (κ2) is 4.73. The van der Waals surface area contributed by atoms with Crippen LogP contribution in [0.4, 0.5) is 0 Å². The predicted molar refractivity (Wildman–Crippen MR) is 78.8 cm³/mol. The molecular formula is C14H26N2OS. The Labute approximate surface area is 116 Å². The Balaban J connectivity index is 2.08. The summed E-state index contributed by atoms with van der Waals surface area (Å²) in [4.78, 5) is 3.21. The van der Waals surface area contributed by atoms with E-state index in [1.165, 1.54) is 12.8 Å². The topological polar surface area (TPSA) is 38.5 Å². The zero-order valence-electron chi connectivity index (χ0n) is 12.0. The van der Waals surface area contributed by atoms with Crippen molar-refractivity contribution in [3.8, 4) is 0 Å². The maximum Gasteiger partial charge on any atom is 0.0789 e. The van der Waals surface area contributed by atoms with E-state index in [2.05, 4.69) is 32.6 Å². The average Bonchev–Trinajstić information content (AvgIpc) is 2.94. The Morgan fingerprint density at radius 3 is 2.33 bits per heavy atom. The lowest BCUT2D eigenvalue weighted by Gasteiger charge is -2.36. The van der Waals surface area contributed by atoms with E-state index in [0.717, 1.165) is 25.4 Å². The Kier molecular flexibility index (Phi) is 3.74. The second-order valence-electron chi connectivity index (χ2n) is 6.87. The SMILES string of the molecule is CC1(C)CC(N(CCC(N)=S)C2CC2)C(C)(C)O1. The van der Waals surface area contributed by atoms with Gasteiger partial charge in [-0.3, -0.25) is 4.90 Å². The summed E-state index contributed by atoms with van der Waals surface area (Å²) in [7, 11) is 0. The Bertz CT molecular complexity index is 337. The largest absolute Gasteiger partial charge is 0.393 e. The minimum absolute atomic E-state index is 0.0233. The Morgan fingerprint density at radius 1 is 1.33 bits per heavy atom. The molecule has 0 aromatic heterocycles. The molecule has 3 nitrogen and oxygen atoms in total. The van der Waals surface area contributed by atoms with Crippen LogP contribution in [0.2, 0.25) is 0 Å². The molecule has 1 heterocycles. The Hall–Kier alpha value is -0.190. The maximum atomic E-state index is 6.21.